The second-order valence-electron chi connectivity index (χ2n) is 8.24. The smallest absolute Gasteiger partial charge is 0.122 e. The van der Waals surface area contributed by atoms with Gasteiger partial charge in [0.1, 0.15) is 18.5 Å². The van der Waals surface area contributed by atoms with Crippen molar-refractivity contribution in [2.75, 3.05) is 13.2 Å². The van der Waals surface area contributed by atoms with Gasteiger partial charge in [-0.05, 0) is 51.2 Å². The molecule has 2 N–H and O–H groups in total. The first-order valence-electron chi connectivity index (χ1n) is 8.12. The van der Waals surface area contributed by atoms with Gasteiger partial charge < -0.3 is 15.2 Å². The molecule has 1 rings (SSSR count). The van der Waals surface area contributed by atoms with E-state index < -0.39 is 6.10 Å². The monoisotopic (exact) mass is 307 g/mol. The minimum Gasteiger partial charge on any atom is -0.491 e. The molecule has 0 aliphatic carbocycles. The first-order chi connectivity index (χ1) is 9.98. The summed E-state index contributed by atoms with van der Waals surface area (Å²) in [6.45, 7) is 16.0. The molecule has 0 spiro atoms. The summed E-state index contributed by atoms with van der Waals surface area (Å²) in [6.07, 6.45) is 0.532. The van der Waals surface area contributed by atoms with Crippen molar-refractivity contribution in [3.05, 3.63) is 29.3 Å². The van der Waals surface area contributed by atoms with Gasteiger partial charge in [-0.15, -0.1) is 0 Å². The second-order valence-corrected chi connectivity index (χ2v) is 8.24. The lowest BCUT2D eigenvalue weighted by atomic mass is 9.82. The second kappa shape index (κ2) is 7.47. The molecule has 0 radical (unpaired) electrons. The number of hydrogen-bond donors (Lipinski definition) is 2. The van der Waals surface area contributed by atoms with Gasteiger partial charge in [-0.1, -0.05) is 38.5 Å². The van der Waals surface area contributed by atoms with Crippen LogP contribution in [-0.4, -0.2) is 29.9 Å². The van der Waals surface area contributed by atoms with Crippen LogP contribution in [0.15, 0.2) is 18.2 Å². The summed E-state index contributed by atoms with van der Waals surface area (Å²) in [5.41, 5.74) is 2.58. The van der Waals surface area contributed by atoms with Gasteiger partial charge in [0.15, 0.2) is 0 Å². The average Bonchev–Trinajstić information content (AvgIpc) is 2.32. The number of nitrogens with one attached hydrogen (secondary N) is 1. The van der Waals surface area contributed by atoms with Gasteiger partial charge in [-0.3, -0.25) is 0 Å². The molecule has 0 aromatic heterocycles. The number of benzene rings is 1. The Morgan fingerprint density at radius 2 is 1.77 bits per heavy atom. The highest BCUT2D eigenvalue weighted by Crippen LogP contribution is 2.26. The Bertz CT molecular complexity index is 475. The van der Waals surface area contributed by atoms with Gasteiger partial charge in [0.2, 0.25) is 0 Å². The predicted octanol–water partition coefficient (Wildman–Crippen LogP) is 3.85. The van der Waals surface area contributed by atoms with Gasteiger partial charge in [0.25, 0.3) is 0 Å². The highest BCUT2D eigenvalue weighted by atomic mass is 16.5. The Morgan fingerprint density at radius 3 is 2.32 bits per heavy atom. The summed E-state index contributed by atoms with van der Waals surface area (Å²) in [7, 11) is 0. The lowest BCUT2D eigenvalue weighted by Crippen LogP contribution is -2.46. The third kappa shape index (κ3) is 7.28. The summed E-state index contributed by atoms with van der Waals surface area (Å²) in [5.74, 6) is 0.846. The molecule has 1 aromatic carbocycles. The standard InChI is InChI=1S/C19H33NO2/c1-14-8-9-17(15(2)10-14)22-12-16(21)11-20-19(6,7)13-18(3,4)5/h8-10,16,20-21H,11-13H2,1-7H3/t16-/m0/s1. The number of ether oxygens (including phenoxy) is 1. The molecule has 0 heterocycles. The molecule has 0 amide bonds. The normalized spacial score (nSPS) is 14.0. The van der Waals surface area contributed by atoms with Crippen molar-refractivity contribution in [1.29, 1.82) is 0 Å². The molecule has 0 aliphatic rings. The van der Waals surface area contributed by atoms with Crippen LogP contribution in [0.5, 0.6) is 5.75 Å². The third-order valence-corrected chi connectivity index (χ3v) is 3.55. The molecule has 0 aliphatic heterocycles. The van der Waals surface area contributed by atoms with Crippen LogP contribution in [0.2, 0.25) is 0 Å². The topological polar surface area (TPSA) is 41.5 Å². The quantitative estimate of drug-likeness (QED) is 0.804. The lowest BCUT2D eigenvalue weighted by Gasteiger charge is -2.34. The van der Waals surface area contributed by atoms with E-state index in [1.165, 1.54) is 5.56 Å². The van der Waals surface area contributed by atoms with Gasteiger partial charge in [0, 0.05) is 12.1 Å². The maximum Gasteiger partial charge on any atom is 0.122 e. The van der Waals surface area contributed by atoms with E-state index in [4.69, 9.17) is 4.74 Å². The van der Waals surface area contributed by atoms with Crippen molar-refractivity contribution < 1.29 is 9.84 Å². The van der Waals surface area contributed by atoms with E-state index in [0.29, 0.717) is 13.2 Å². The van der Waals surface area contributed by atoms with Crippen LogP contribution in [0.25, 0.3) is 0 Å². The van der Waals surface area contributed by atoms with Crippen molar-refractivity contribution in [2.24, 2.45) is 5.41 Å². The number of aliphatic hydroxyl groups is 1. The fourth-order valence-corrected chi connectivity index (χ4v) is 2.99. The molecule has 126 valence electrons. The van der Waals surface area contributed by atoms with Gasteiger partial charge in [-0.25, -0.2) is 0 Å². The van der Waals surface area contributed by atoms with Gasteiger partial charge in [0.05, 0.1) is 0 Å². The summed E-state index contributed by atoms with van der Waals surface area (Å²) in [4.78, 5) is 0. The Labute approximate surface area is 136 Å². The van der Waals surface area contributed by atoms with E-state index in [9.17, 15) is 5.11 Å². The molecular weight excluding hydrogens is 274 g/mol. The van der Waals surface area contributed by atoms with Crippen LogP contribution in [0.3, 0.4) is 0 Å². The number of β-amino-alcohol motifs (C(OH)–C–C–N with tert-alkyl or cyclic N) is 1. The van der Waals surface area contributed by atoms with E-state index in [0.717, 1.165) is 17.7 Å². The Kier molecular flexibility index (Phi) is 6.45. The first kappa shape index (κ1) is 19.0. The molecule has 1 atom stereocenters. The van der Waals surface area contributed by atoms with Crippen LogP contribution in [-0.2, 0) is 0 Å². The maximum absolute atomic E-state index is 10.1. The number of rotatable bonds is 7. The van der Waals surface area contributed by atoms with E-state index in [1.807, 2.05) is 19.1 Å². The zero-order valence-electron chi connectivity index (χ0n) is 15.3. The lowest BCUT2D eigenvalue weighted by molar-refractivity contribution is 0.0941. The molecule has 22 heavy (non-hydrogen) atoms. The van der Waals surface area contributed by atoms with Crippen LogP contribution in [0, 0.1) is 19.3 Å². The molecule has 0 saturated heterocycles. The zero-order valence-corrected chi connectivity index (χ0v) is 15.3. The highest BCUT2D eigenvalue weighted by Gasteiger charge is 2.25. The molecule has 0 unspecified atom stereocenters. The molecule has 1 aromatic rings. The molecule has 3 nitrogen and oxygen atoms in total. The first-order valence-corrected chi connectivity index (χ1v) is 8.12. The third-order valence-electron chi connectivity index (χ3n) is 3.55. The maximum atomic E-state index is 10.1. The predicted molar refractivity (Wildman–Crippen MR) is 93.6 cm³/mol. The van der Waals surface area contributed by atoms with E-state index >= 15 is 0 Å². The minimum absolute atomic E-state index is 0.000986. The molecule has 3 heteroatoms. The average molecular weight is 307 g/mol. The van der Waals surface area contributed by atoms with Crippen molar-refractivity contribution >= 4 is 0 Å². The van der Waals surface area contributed by atoms with Crippen molar-refractivity contribution in [3.8, 4) is 5.75 Å². The summed E-state index contributed by atoms with van der Waals surface area (Å²) in [6, 6.07) is 6.08. The van der Waals surface area contributed by atoms with E-state index in [2.05, 4.69) is 52.9 Å². The van der Waals surface area contributed by atoms with Crippen LogP contribution >= 0.6 is 0 Å². The minimum atomic E-state index is -0.514. The van der Waals surface area contributed by atoms with Crippen LogP contribution in [0.1, 0.15) is 52.2 Å². The number of hydrogen-bond acceptors (Lipinski definition) is 3. The number of aryl methyl sites for hydroxylation is 2. The Morgan fingerprint density at radius 1 is 1.14 bits per heavy atom. The number of aliphatic hydroxyl groups excluding tert-OH is 1. The van der Waals surface area contributed by atoms with Gasteiger partial charge >= 0.3 is 0 Å². The summed E-state index contributed by atoms with van der Waals surface area (Å²) >= 11 is 0. The molecule has 0 bridgehead atoms. The summed E-state index contributed by atoms with van der Waals surface area (Å²) < 4.78 is 5.73. The molecule has 0 fully saturated rings. The van der Waals surface area contributed by atoms with Crippen molar-refractivity contribution in [1.82, 2.24) is 5.32 Å². The fourth-order valence-electron chi connectivity index (χ4n) is 2.99. The largest absolute Gasteiger partial charge is 0.491 e. The Balaban J connectivity index is 2.42. The van der Waals surface area contributed by atoms with Crippen LogP contribution in [0.4, 0.5) is 0 Å². The van der Waals surface area contributed by atoms with Crippen molar-refractivity contribution in [2.45, 2.75) is 66.5 Å². The summed E-state index contributed by atoms with van der Waals surface area (Å²) in [5, 5.41) is 13.6. The van der Waals surface area contributed by atoms with Crippen molar-refractivity contribution in [3.63, 3.8) is 0 Å². The van der Waals surface area contributed by atoms with Crippen LogP contribution < -0.4 is 10.1 Å². The highest BCUT2D eigenvalue weighted by molar-refractivity contribution is 5.35. The SMILES string of the molecule is Cc1ccc(OC[C@@H](O)CNC(C)(C)CC(C)(C)C)c(C)c1. The Hall–Kier alpha value is -1.06. The fraction of sp³-hybridized carbons (Fsp3) is 0.684. The van der Waals surface area contributed by atoms with E-state index in [1.54, 1.807) is 0 Å². The zero-order chi connectivity index (χ0) is 17.0. The molecule has 0 saturated carbocycles. The van der Waals surface area contributed by atoms with E-state index in [-0.39, 0.29) is 11.0 Å². The molecular formula is C19H33NO2. The van der Waals surface area contributed by atoms with Gasteiger partial charge in [-0.2, -0.15) is 0 Å².